The van der Waals surface area contributed by atoms with E-state index in [1.807, 2.05) is 12.1 Å². The lowest BCUT2D eigenvalue weighted by Crippen LogP contribution is -2.32. The van der Waals surface area contributed by atoms with Gasteiger partial charge in [0.2, 0.25) is 0 Å². The van der Waals surface area contributed by atoms with Crippen molar-refractivity contribution >= 4 is 5.91 Å². The molecule has 0 aliphatic carbocycles. The molecule has 3 heterocycles. The van der Waals surface area contributed by atoms with E-state index in [9.17, 15) is 4.79 Å². The number of nitrogens with one attached hydrogen (secondary N) is 2. The smallest absolute Gasteiger partial charge is 0.269 e. The molecule has 2 aromatic heterocycles. The molecule has 1 fully saturated rings. The van der Waals surface area contributed by atoms with Crippen molar-refractivity contribution < 1.29 is 9.53 Å². The molecule has 0 unspecified atom stereocenters. The van der Waals surface area contributed by atoms with E-state index in [2.05, 4.69) is 20.5 Å². The highest BCUT2D eigenvalue weighted by Crippen LogP contribution is 2.21. The van der Waals surface area contributed by atoms with Crippen molar-refractivity contribution in [2.24, 2.45) is 5.92 Å². The fraction of sp³-hybridized carbons (Fsp3) is 0.400. The van der Waals surface area contributed by atoms with Crippen molar-refractivity contribution in [1.82, 2.24) is 20.5 Å². The Bertz CT molecular complexity index is 591. The van der Waals surface area contributed by atoms with Crippen LogP contribution in [0.15, 0.2) is 30.7 Å². The maximum absolute atomic E-state index is 12.3. The minimum atomic E-state index is -0.120. The Morgan fingerprint density at radius 3 is 2.86 bits per heavy atom. The number of H-pyrrole nitrogens is 1. The standard InChI is InChI=1S/C15H18N4O2/c20-15(17-9-11-3-7-21-8-4-11)14-13(10-18-19-14)12-1-5-16-6-2-12/h1-2,5-6,10-11H,3-4,7-9H2,(H,17,20)(H,18,19). The summed E-state index contributed by atoms with van der Waals surface area (Å²) in [6.07, 6.45) is 7.07. The van der Waals surface area contributed by atoms with Gasteiger partial charge in [0.1, 0.15) is 5.69 Å². The summed E-state index contributed by atoms with van der Waals surface area (Å²) < 4.78 is 5.32. The van der Waals surface area contributed by atoms with Crippen molar-refractivity contribution in [3.05, 3.63) is 36.4 Å². The van der Waals surface area contributed by atoms with Crippen LogP contribution in [0, 0.1) is 5.92 Å². The van der Waals surface area contributed by atoms with E-state index in [-0.39, 0.29) is 5.91 Å². The molecule has 1 aliphatic rings. The maximum Gasteiger partial charge on any atom is 0.269 e. The average molecular weight is 286 g/mol. The van der Waals surface area contributed by atoms with Crippen molar-refractivity contribution in [2.45, 2.75) is 12.8 Å². The summed E-state index contributed by atoms with van der Waals surface area (Å²) in [6, 6.07) is 3.72. The molecule has 1 saturated heterocycles. The molecule has 0 aromatic carbocycles. The zero-order chi connectivity index (χ0) is 14.5. The van der Waals surface area contributed by atoms with E-state index in [4.69, 9.17) is 4.74 Å². The molecular formula is C15H18N4O2. The third kappa shape index (κ3) is 3.28. The Balaban J connectivity index is 1.66. The molecule has 6 nitrogen and oxygen atoms in total. The van der Waals surface area contributed by atoms with Gasteiger partial charge in [0, 0.05) is 37.7 Å². The number of hydrogen-bond acceptors (Lipinski definition) is 4. The van der Waals surface area contributed by atoms with E-state index < -0.39 is 0 Å². The first-order valence-corrected chi connectivity index (χ1v) is 7.14. The number of ether oxygens (including phenoxy) is 1. The van der Waals surface area contributed by atoms with E-state index in [0.717, 1.165) is 37.2 Å². The van der Waals surface area contributed by atoms with Crippen LogP contribution in [0.2, 0.25) is 0 Å². The van der Waals surface area contributed by atoms with Gasteiger partial charge < -0.3 is 10.1 Å². The predicted octanol–water partition coefficient (Wildman–Crippen LogP) is 1.63. The number of carbonyl (C=O) groups is 1. The molecule has 0 atom stereocenters. The SMILES string of the molecule is O=C(NCC1CCOCC1)c1[nH]ncc1-c1ccncc1. The fourth-order valence-electron chi connectivity index (χ4n) is 2.49. The Labute approximate surface area is 122 Å². The number of amides is 1. The van der Waals surface area contributed by atoms with Gasteiger partial charge in [0.25, 0.3) is 5.91 Å². The second kappa shape index (κ2) is 6.49. The summed E-state index contributed by atoms with van der Waals surface area (Å²) in [5.74, 6) is 0.376. The molecule has 6 heteroatoms. The summed E-state index contributed by atoms with van der Waals surface area (Å²) in [4.78, 5) is 16.3. The molecule has 2 N–H and O–H groups in total. The number of aromatic nitrogens is 3. The molecule has 0 saturated carbocycles. The average Bonchev–Trinajstić information content (AvgIpc) is 3.04. The minimum absolute atomic E-state index is 0.120. The molecular weight excluding hydrogens is 268 g/mol. The third-order valence-electron chi connectivity index (χ3n) is 3.75. The van der Waals surface area contributed by atoms with Crippen molar-refractivity contribution in [1.29, 1.82) is 0 Å². The van der Waals surface area contributed by atoms with Gasteiger partial charge in [0.05, 0.1) is 6.20 Å². The predicted molar refractivity (Wildman–Crippen MR) is 77.7 cm³/mol. The first-order valence-electron chi connectivity index (χ1n) is 7.14. The monoisotopic (exact) mass is 286 g/mol. The lowest BCUT2D eigenvalue weighted by Gasteiger charge is -2.22. The Morgan fingerprint density at radius 2 is 2.10 bits per heavy atom. The van der Waals surface area contributed by atoms with Gasteiger partial charge in [-0.1, -0.05) is 0 Å². The van der Waals surface area contributed by atoms with E-state index in [1.165, 1.54) is 0 Å². The second-order valence-corrected chi connectivity index (χ2v) is 5.16. The minimum Gasteiger partial charge on any atom is -0.381 e. The quantitative estimate of drug-likeness (QED) is 0.895. The molecule has 0 bridgehead atoms. The van der Waals surface area contributed by atoms with Crippen molar-refractivity contribution in [3.8, 4) is 11.1 Å². The Morgan fingerprint density at radius 1 is 1.33 bits per heavy atom. The molecule has 110 valence electrons. The van der Waals surface area contributed by atoms with Crippen LogP contribution in [0.5, 0.6) is 0 Å². The normalized spacial score (nSPS) is 15.8. The molecule has 3 rings (SSSR count). The lowest BCUT2D eigenvalue weighted by molar-refractivity contribution is 0.0642. The summed E-state index contributed by atoms with van der Waals surface area (Å²) in [6.45, 7) is 2.25. The van der Waals surface area contributed by atoms with Crippen LogP contribution in [0.1, 0.15) is 23.3 Å². The highest BCUT2D eigenvalue weighted by molar-refractivity contribution is 5.98. The number of aromatic amines is 1. The van der Waals surface area contributed by atoms with Gasteiger partial charge in [-0.2, -0.15) is 5.10 Å². The van der Waals surface area contributed by atoms with Crippen LogP contribution < -0.4 is 5.32 Å². The number of hydrogen-bond donors (Lipinski definition) is 2. The van der Waals surface area contributed by atoms with Crippen LogP contribution in [-0.4, -0.2) is 40.8 Å². The molecule has 1 aliphatic heterocycles. The molecule has 2 aromatic rings. The van der Waals surface area contributed by atoms with Crippen LogP contribution in [-0.2, 0) is 4.74 Å². The number of rotatable bonds is 4. The topological polar surface area (TPSA) is 79.9 Å². The van der Waals surface area contributed by atoms with Crippen molar-refractivity contribution in [2.75, 3.05) is 19.8 Å². The first kappa shape index (κ1) is 13.8. The largest absolute Gasteiger partial charge is 0.381 e. The Kier molecular flexibility index (Phi) is 4.25. The second-order valence-electron chi connectivity index (χ2n) is 5.16. The molecule has 21 heavy (non-hydrogen) atoms. The van der Waals surface area contributed by atoms with E-state index in [0.29, 0.717) is 18.2 Å². The highest BCUT2D eigenvalue weighted by Gasteiger charge is 2.18. The lowest BCUT2D eigenvalue weighted by atomic mass is 10.0. The zero-order valence-electron chi connectivity index (χ0n) is 11.7. The molecule has 0 radical (unpaired) electrons. The van der Waals surface area contributed by atoms with Gasteiger partial charge in [-0.15, -0.1) is 0 Å². The summed E-state index contributed by atoms with van der Waals surface area (Å²) in [5, 5.41) is 9.76. The van der Waals surface area contributed by atoms with Crippen LogP contribution in [0.25, 0.3) is 11.1 Å². The first-order chi connectivity index (χ1) is 10.3. The van der Waals surface area contributed by atoms with Gasteiger partial charge in [0.15, 0.2) is 0 Å². The van der Waals surface area contributed by atoms with Gasteiger partial charge >= 0.3 is 0 Å². The number of carbonyl (C=O) groups excluding carboxylic acids is 1. The van der Waals surface area contributed by atoms with E-state index in [1.54, 1.807) is 18.6 Å². The zero-order valence-corrected chi connectivity index (χ0v) is 11.7. The van der Waals surface area contributed by atoms with Crippen LogP contribution in [0.4, 0.5) is 0 Å². The van der Waals surface area contributed by atoms with Gasteiger partial charge in [-0.3, -0.25) is 14.9 Å². The highest BCUT2D eigenvalue weighted by atomic mass is 16.5. The fourth-order valence-corrected chi connectivity index (χ4v) is 2.49. The van der Waals surface area contributed by atoms with E-state index >= 15 is 0 Å². The summed E-state index contributed by atoms with van der Waals surface area (Å²) >= 11 is 0. The molecule has 1 amide bonds. The van der Waals surface area contributed by atoms with Gasteiger partial charge in [-0.25, -0.2) is 0 Å². The van der Waals surface area contributed by atoms with Gasteiger partial charge in [-0.05, 0) is 36.5 Å². The van der Waals surface area contributed by atoms with Crippen molar-refractivity contribution in [3.63, 3.8) is 0 Å². The molecule has 0 spiro atoms. The number of nitrogens with zero attached hydrogens (tertiary/aromatic N) is 2. The third-order valence-corrected chi connectivity index (χ3v) is 3.75. The maximum atomic E-state index is 12.3. The van der Waals surface area contributed by atoms with Crippen LogP contribution in [0.3, 0.4) is 0 Å². The Hall–Kier alpha value is -2.21. The summed E-state index contributed by atoms with van der Waals surface area (Å²) in [5.41, 5.74) is 2.21. The number of pyridine rings is 1. The van der Waals surface area contributed by atoms with Crippen LogP contribution >= 0.6 is 0 Å². The summed E-state index contributed by atoms with van der Waals surface area (Å²) in [7, 11) is 0.